The molecule has 0 atom stereocenters. The van der Waals surface area contributed by atoms with Crippen molar-refractivity contribution in [3.8, 4) is 0 Å². The van der Waals surface area contributed by atoms with Crippen LogP contribution in [-0.2, 0) is 0 Å². The Balaban J connectivity index is 2.79. The highest BCUT2D eigenvalue weighted by Gasteiger charge is 2.27. The van der Waals surface area contributed by atoms with Crippen LogP contribution in [0.3, 0.4) is 0 Å². The third-order valence-corrected chi connectivity index (χ3v) is 2.58. The Hall–Kier alpha value is -0.980. The summed E-state index contributed by atoms with van der Waals surface area (Å²) in [6.07, 6.45) is -5.03. The lowest BCUT2D eigenvalue weighted by Crippen LogP contribution is -2.28. The van der Waals surface area contributed by atoms with Gasteiger partial charge in [0, 0.05) is 24.8 Å². The van der Waals surface area contributed by atoms with E-state index in [2.05, 4.69) is 20.9 Å². The number of nitrogens with two attached hydrogens (primary N) is 1. The van der Waals surface area contributed by atoms with Gasteiger partial charge in [0.1, 0.15) is 10.4 Å². The van der Waals surface area contributed by atoms with Gasteiger partial charge in [-0.2, -0.15) is 13.2 Å². The van der Waals surface area contributed by atoms with Gasteiger partial charge >= 0.3 is 6.18 Å². The highest BCUT2D eigenvalue weighted by molar-refractivity contribution is 9.10. The number of nitrogen functional groups attached to an aromatic ring is 1. The summed E-state index contributed by atoms with van der Waals surface area (Å²) < 4.78 is 36.9. The van der Waals surface area contributed by atoms with Crippen LogP contribution in [0.25, 0.3) is 0 Å². The molecule has 3 nitrogen and oxygen atoms in total. The summed E-state index contributed by atoms with van der Waals surface area (Å²) >= 11 is 3.16. The van der Waals surface area contributed by atoms with E-state index in [1.54, 1.807) is 19.1 Å². The molecule has 1 aromatic rings. The molecule has 0 saturated heterocycles. The van der Waals surface area contributed by atoms with Crippen molar-refractivity contribution in [1.82, 2.24) is 4.98 Å². The molecule has 1 heterocycles. The van der Waals surface area contributed by atoms with E-state index >= 15 is 0 Å². The van der Waals surface area contributed by atoms with Gasteiger partial charge in [0.15, 0.2) is 0 Å². The average molecular weight is 312 g/mol. The molecule has 0 spiro atoms. The van der Waals surface area contributed by atoms with Crippen molar-refractivity contribution in [3.05, 3.63) is 16.7 Å². The Morgan fingerprint density at radius 3 is 2.53 bits per heavy atom. The van der Waals surface area contributed by atoms with Crippen LogP contribution in [-0.4, -0.2) is 24.2 Å². The molecule has 0 fully saturated rings. The molecule has 1 rings (SSSR count). The summed E-state index contributed by atoms with van der Waals surface area (Å²) in [4.78, 5) is 5.64. The zero-order valence-electron chi connectivity index (χ0n) is 9.26. The fraction of sp³-hybridized carbons (Fsp3) is 0.500. The number of hydrogen-bond acceptors (Lipinski definition) is 3. The van der Waals surface area contributed by atoms with Crippen LogP contribution in [0.4, 0.5) is 24.7 Å². The molecular formula is C10H13BrF3N3. The minimum Gasteiger partial charge on any atom is -0.399 e. The quantitative estimate of drug-likeness (QED) is 0.868. The van der Waals surface area contributed by atoms with E-state index in [-0.39, 0.29) is 6.54 Å². The number of alkyl halides is 3. The van der Waals surface area contributed by atoms with E-state index in [9.17, 15) is 13.2 Å². The monoisotopic (exact) mass is 311 g/mol. The van der Waals surface area contributed by atoms with E-state index in [0.717, 1.165) is 0 Å². The predicted molar refractivity (Wildman–Crippen MR) is 64.9 cm³/mol. The van der Waals surface area contributed by atoms with Crippen LogP contribution < -0.4 is 10.6 Å². The maximum Gasteiger partial charge on any atom is 0.390 e. The number of halogens is 4. The minimum absolute atomic E-state index is 0.122. The summed E-state index contributed by atoms with van der Waals surface area (Å²) in [5, 5.41) is 0. The van der Waals surface area contributed by atoms with Crippen LogP contribution in [0, 0.1) is 0 Å². The maximum atomic E-state index is 12.1. The molecule has 96 valence electrons. The molecule has 17 heavy (non-hydrogen) atoms. The SMILES string of the molecule is CCN(CCC(F)(F)F)c1cc(N)cc(Br)n1. The standard InChI is InChI=1S/C10H13BrF3N3/c1-2-17(4-3-10(12,13)14)9-6-7(15)5-8(11)16-9/h5-6H,2-4H2,1H3,(H2,15,16). The van der Waals surface area contributed by atoms with E-state index in [4.69, 9.17) is 5.73 Å². The third-order valence-electron chi connectivity index (χ3n) is 2.17. The van der Waals surface area contributed by atoms with Gasteiger partial charge in [0.2, 0.25) is 0 Å². The molecule has 0 saturated carbocycles. The van der Waals surface area contributed by atoms with Crippen LogP contribution >= 0.6 is 15.9 Å². The van der Waals surface area contributed by atoms with Gasteiger partial charge in [-0.05, 0) is 28.9 Å². The van der Waals surface area contributed by atoms with Crippen molar-refractivity contribution in [2.75, 3.05) is 23.7 Å². The fourth-order valence-corrected chi connectivity index (χ4v) is 1.81. The van der Waals surface area contributed by atoms with Crippen molar-refractivity contribution < 1.29 is 13.2 Å². The highest BCUT2D eigenvalue weighted by atomic mass is 79.9. The molecule has 0 aliphatic rings. The first-order chi connectivity index (χ1) is 7.81. The normalized spacial score (nSPS) is 11.6. The molecule has 0 aliphatic heterocycles. The molecule has 2 N–H and O–H groups in total. The number of nitrogens with zero attached hydrogens (tertiary/aromatic N) is 2. The number of aromatic nitrogens is 1. The van der Waals surface area contributed by atoms with Gasteiger partial charge in [-0.25, -0.2) is 4.98 Å². The van der Waals surface area contributed by atoms with Crippen molar-refractivity contribution in [2.24, 2.45) is 0 Å². The third kappa shape index (κ3) is 4.80. The molecule has 0 bridgehead atoms. The van der Waals surface area contributed by atoms with E-state index in [1.165, 1.54) is 4.90 Å². The fourth-order valence-electron chi connectivity index (χ4n) is 1.36. The Morgan fingerprint density at radius 1 is 1.41 bits per heavy atom. The highest BCUT2D eigenvalue weighted by Crippen LogP contribution is 2.23. The van der Waals surface area contributed by atoms with Crippen LogP contribution in [0.5, 0.6) is 0 Å². The van der Waals surface area contributed by atoms with Gasteiger partial charge in [-0.3, -0.25) is 0 Å². The second-order valence-corrected chi connectivity index (χ2v) is 4.34. The van der Waals surface area contributed by atoms with Gasteiger partial charge in [0.05, 0.1) is 6.42 Å². The summed E-state index contributed by atoms with van der Waals surface area (Å²) in [6, 6.07) is 3.16. The molecule has 0 aliphatic carbocycles. The van der Waals surface area contributed by atoms with Crippen LogP contribution in [0.2, 0.25) is 0 Å². The summed E-state index contributed by atoms with van der Waals surface area (Å²) in [5.41, 5.74) is 6.08. The zero-order valence-corrected chi connectivity index (χ0v) is 10.8. The summed E-state index contributed by atoms with van der Waals surface area (Å²) in [6.45, 7) is 2.09. The molecule has 0 amide bonds. The molecular weight excluding hydrogens is 299 g/mol. The largest absolute Gasteiger partial charge is 0.399 e. The minimum atomic E-state index is -4.16. The molecule has 7 heteroatoms. The number of rotatable bonds is 4. The van der Waals surface area contributed by atoms with Crippen molar-refractivity contribution in [2.45, 2.75) is 19.5 Å². The Bertz CT molecular complexity index is 361. The van der Waals surface area contributed by atoms with Crippen LogP contribution in [0.1, 0.15) is 13.3 Å². The predicted octanol–water partition coefficient (Wildman–Crippen LogP) is 3.21. The average Bonchev–Trinajstić information content (AvgIpc) is 2.15. The number of hydrogen-bond donors (Lipinski definition) is 1. The lowest BCUT2D eigenvalue weighted by molar-refractivity contribution is -0.132. The first kappa shape index (κ1) is 14.1. The Kier molecular flexibility index (Phi) is 4.62. The maximum absolute atomic E-state index is 12.1. The zero-order chi connectivity index (χ0) is 13.1. The van der Waals surface area contributed by atoms with Crippen molar-refractivity contribution in [3.63, 3.8) is 0 Å². The lowest BCUT2D eigenvalue weighted by atomic mass is 10.3. The molecule has 1 aromatic heterocycles. The smallest absolute Gasteiger partial charge is 0.390 e. The van der Waals surface area contributed by atoms with Crippen LogP contribution in [0.15, 0.2) is 16.7 Å². The van der Waals surface area contributed by atoms with Gasteiger partial charge < -0.3 is 10.6 Å². The number of pyridine rings is 1. The van der Waals surface area contributed by atoms with E-state index < -0.39 is 12.6 Å². The van der Waals surface area contributed by atoms with Gasteiger partial charge in [0.25, 0.3) is 0 Å². The first-order valence-electron chi connectivity index (χ1n) is 5.06. The first-order valence-corrected chi connectivity index (χ1v) is 5.86. The van der Waals surface area contributed by atoms with Crippen molar-refractivity contribution >= 4 is 27.4 Å². The summed E-state index contributed by atoms with van der Waals surface area (Å²) in [5.74, 6) is 0.448. The second kappa shape index (κ2) is 5.57. The van der Waals surface area contributed by atoms with E-state index in [0.29, 0.717) is 22.7 Å². The van der Waals surface area contributed by atoms with Crippen molar-refractivity contribution in [1.29, 1.82) is 0 Å². The molecule has 0 radical (unpaired) electrons. The Labute approximate surface area is 106 Å². The lowest BCUT2D eigenvalue weighted by Gasteiger charge is -2.23. The Morgan fingerprint density at radius 2 is 2.06 bits per heavy atom. The molecule has 0 aromatic carbocycles. The van der Waals surface area contributed by atoms with Gasteiger partial charge in [-0.15, -0.1) is 0 Å². The molecule has 0 unspecified atom stereocenters. The number of anilines is 2. The van der Waals surface area contributed by atoms with Gasteiger partial charge in [-0.1, -0.05) is 0 Å². The van der Waals surface area contributed by atoms with E-state index in [1.807, 2.05) is 0 Å². The topological polar surface area (TPSA) is 42.1 Å². The second-order valence-electron chi connectivity index (χ2n) is 3.53. The summed E-state index contributed by atoms with van der Waals surface area (Å²) in [7, 11) is 0.